The van der Waals surface area contributed by atoms with Crippen LogP contribution in [0.2, 0.25) is 5.02 Å². The molecule has 3 rings (SSSR count). The summed E-state index contributed by atoms with van der Waals surface area (Å²) in [5, 5.41) is 14.8. The van der Waals surface area contributed by atoms with Crippen LogP contribution in [-0.2, 0) is 14.3 Å². The molecular formula is C21H22ClFN2O6. The van der Waals surface area contributed by atoms with E-state index in [1.165, 1.54) is 11.0 Å². The Hall–Kier alpha value is -3.17. The maximum absolute atomic E-state index is 13.4. The first-order valence-corrected chi connectivity index (χ1v) is 9.61. The number of halogens is 2. The fourth-order valence-electron chi connectivity index (χ4n) is 2.98. The van der Waals surface area contributed by atoms with Gasteiger partial charge in [-0.15, -0.1) is 0 Å². The lowest BCUT2D eigenvalue weighted by Crippen LogP contribution is -2.32. The molecule has 1 saturated heterocycles. The van der Waals surface area contributed by atoms with E-state index in [-0.39, 0.29) is 11.1 Å². The standard InChI is InChI=1S/C19H20ClFN2O2.C2H2O4/c1-22-10-9-14(12-22)25-19(24)23(2)18-6-4-3-5-15(18)13-7-8-17(21)16(20)11-13;3-1(4)2(5)6/h3-8,11,14H,9-10,12H2,1-2H3;(H,3,4)(H,5,6). The van der Waals surface area contributed by atoms with E-state index in [1.54, 1.807) is 19.2 Å². The molecule has 2 N–H and O–H groups in total. The molecule has 1 atom stereocenters. The molecule has 1 aliphatic rings. The molecule has 1 aliphatic heterocycles. The Morgan fingerprint density at radius 2 is 1.81 bits per heavy atom. The lowest BCUT2D eigenvalue weighted by atomic mass is 10.0. The Bertz CT molecular complexity index is 959. The maximum atomic E-state index is 13.4. The normalized spacial score (nSPS) is 15.5. The molecule has 2 aromatic carbocycles. The number of amides is 1. The third kappa shape index (κ3) is 6.66. The number of hydrogen-bond acceptors (Lipinski definition) is 5. The van der Waals surface area contributed by atoms with Crippen LogP contribution in [0.15, 0.2) is 42.5 Å². The third-order valence-corrected chi connectivity index (χ3v) is 4.86. The number of hydrogen-bond donors (Lipinski definition) is 2. The van der Waals surface area contributed by atoms with E-state index in [2.05, 4.69) is 4.90 Å². The molecule has 0 spiro atoms. The number of likely N-dealkylation sites (tertiary alicyclic amines) is 1. The Morgan fingerprint density at radius 3 is 2.35 bits per heavy atom. The van der Waals surface area contributed by atoms with Crippen molar-refractivity contribution >= 4 is 35.3 Å². The molecule has 1 fully saturated rings. The van der Waals surface area contributed by atoms with Gasteiger partial charge in [-0.3, -0.25) is 4.90 Å². The molecule has 10 heteroatoms. The summed E-state index contributed by atoms with van der Waals surface area (Å²) in [6, 6.07) is 11.9. The zero-order chi connectivity index (χ0) is 23.1. The number of rotatable bonds is 3. The zero-order valence-corrected chi connectivity index (χ0v) is 17.7. The Morgan fingerprint density at radius 1 is 1.16 bits per heavy atom. The van der Waals surface area contributed by atoms with Gasteiger partial charge >= 0.3 is 18.0 Å². The number of nitrogens with zero attached hydrogens (tertiary/aromatic N) is 2. The number of carboxylic acid groups (broad SMARTS) is 2. The highest BCUT2D eigenvalue weighted by Crippen LogP contribution is 2.33. The fraction of sp³-hybridized carbons (Fsp3) is 0.286. The second-order valence-electron chi connectivity index (χ2n) is 6.87. The number of benzene rings is 2. The number of carboxylic acids is 2. The second kappa shape index (κ2) is 10.7. The van der Waals surface area contributed by atoms with Gasteiger partial charge in [0.2, 0.25) is 0 Å². The highest BCUT2D eigenvalue weighted by atomic mass is 35.5. The average Bonchev–Trinajstić information content (AvgIpc) is 3.14. The SMILES string of the molecule is CN1CCC(OC(=O)N(C)c2ccccc2-c2ccc(F)c(Cl)c2)C1.O=C(O)C(=O)O. The summed E-state index contributed by atoms with van der Waals surface area (Å²) in [6.45, 7) is 1.67. The Labute approximate surface area is 183 Å². The number of likely N-dealkylation sites (N-methyl/N-ethyl adjacent to an activating group) is 1. The van der Waals surface area contributed by atoms with Gasteiger partial charge in [-0.2, -0.15) is 0 Å². The van der Waals surface area contributed by atoms with Crippen LogP contribution in [0.3, 0.4) is 0 Å². The number of ether oxygens (including phenoxy) is 1. The highest BCUT2D eigenvalue weighted by molar-refractivity contribution is 6.31. The van der Waals surface area contributed by atoms with Gasteiger partial charge in [0.1, 0.15) is 11.9 Å². The number of carbonyl (C=O) groups is 3. The van der Waals surface area contributed by atoms with Crippen molar-refractivity contribution in [3.05, 3.63) is 53.3 Å². The molecule has 166 valence electrons. The molecule has 2 aromatic rings. The molecule has 0 aliphatic carbocycles. The zero-order valence-electron chi connectivity index (χ0n) is 16.9. The van der Waals surface area contributed by atoms with Gasteiger partial charge in [0.05, 0.1) is 10.7 Å². The molecule has 0 radical (unpaired) electrons. The lowest BCUT2D eigenvalue weighted by Gasteiger charge is -2.22. The van der Waals surface area contributed by atoms with Crippen molar-refractivity contribution in [2.75, 3.05) is 32.1 Å². The van der Waals surface area contributed by atoms with Crippen LogP contribution in [0, 0.1) is 5.82 Å². The quantitative estimate of drug-likeness (QED) is 0.685. The molecule has 1 amide bonds. The van der Waals surface area contributed by atoms with Crippen molar-refractivity contribution in [2.45, 2.75) is 12.5 Å². The lowest BCUT2D eigenvalue weighted by molar-refractivity contribution is -0.159. The first kappa shape index (κ1) is 24.1. The van der Waals surface area contributed by atoms with Gasteiger partial charge in [-0.25, -0.2) is 18.8 Å². The monoisotopic (exact) mass is 452 g/mol. The van der Waals surface area contributed by atoms with Crippen molar-refractivity contribution in [2.24, 2.45) is 0 Å². The topological polar surface area (TPSA) is 107 Å². The molecule has 0 saturated carbocycles. The largest absolute Gasteiger partial charge is 0.473 e. The summed E-state index contributed by atoms with van der Waals surface area (Å²) < 4.78 is 19.0. The van der Waals surface area contributed by atoms with Gasteiger partial charge in [-0.1, -0.05) is 35.9 Å². The van der Waals surface area contributed by atoms with Crippen LogP contribution in [0.1, 0.15) is 6.42 Å². The highest BCUT2D eigenvalue weighted by Gasteiger charge is 2.25. The van der Waals surface area contributed by atoms with Crippen molar-refractivity contribution < 1.29 is 33.7 Å². The summed E-state index contributed by atoms with van der Waals surface area (Å²) in [5.41, 5.74) is 2.20. The summed E-state index contributed by atoms with van der Waals surface area (Å²) in [7, 11) is 3.68. The van der Waals surface area contributed by atoms with Gasteiger partial charge in [-0.05, 0) is 37.2 Å². The van der Waals surface area contributed by atoms with Gasteiger partial charge in [0.25, 0.3) is 0 Å². The van der Waals surface area contributed by atoms with Gasteiger partial charge < -0.3 is 19.8 Å². The summed E-state index contributed by atoms with van der Waals surface area (Å²) in [4.78, 5) is 34.3. The summed E-state index contributed by atoms with van der Waals surface area (Å²) >= 11 is 5.90. The molecule has 1 heterocycles. The van der Waals surface area contributed by atoms with Gasteiger partial charge in [0.15, 0.2) is 0 Å². The second-order valence-corrected chi connectivity index (χ2v) is 7.28. The predicted molar refractivity (Wildman–Crippen MR) is 113 cm³/mol. The van der Waals surface area contributed by atoms with Crippen LogP contribution < -0.4 is 4.90 Å². The van der Waals surface area contributed by atoms with E-state index in [9.17, 15) is 9.18 Å². The van der Waals surface area contributed by atoms with E-state index >= 15 is 0 Å². The molecule has 8 nitrogen and oxygen atoms in total. The number of carbonyl (C=O) groups excluding carboxylic acids is 1. The van der Waals surface area contributed by atoms with E-state index < -0.39 is 23.8 Å². The van der Waals surface area contributed by atoms with E-state index in [0.29, 0.717) is 5.69 Å². The molecule has 0 bridgehead atoms. The summed E-state index contributed by atoms with van der Waals surface area (Å²) in [6.07, 6.45) is 0.346. The van der Waals surface area contributed by atoms with Crippen molar-refractivity contribution in [1.82, 2.24) is 4.90 Å². The Balaban J connectivity index is 0.000000501. The van der Waals surface area contributed by atoms with E-state index in [1.807, 2.05) is 31.3 Å². The first-order chi connectivity index (χ1) is 14.6. The minimum atomic E-state index is -1.82. The first-order valence-electron chi connectivity index (χ1n) is 9.23. The molecule has 0 aromatic heterocycles. The Kier molecular flexibility index (Phi) is 8.35. The predicted octanol–water partition coefficient (Wildman–Crippen LogP) is 3.58. The number of aliphatic carboxylic acids is 2. The van der Waals surface area contributed by atoms with Gasteiger partial charge in [0, 0.05) is 25.7 Å². The number of anilines is 1. The smallest absolute Gasteiger partial charge is 0.414 e. The van der Waals surface area contributed by atoms with Crippen LogP contribution in [0.25, 0.3) is 11.1 Å². The van der Waals surface area contributed by atoms with Crippen molar-refractivity contribution in [3.63, 3.8) is 0 Å². The molecule has 1 unspecified atom stereocenters. The fourth-order valence-corrected chi connectivity index (χ4v) is 3.17. The van der Waals surface area contributed by atoms with E-state index in [4.69, 9.17) is 36.1 Å². The third-order valence-electron chi connectivity index (χ3n) is 4.57. The minimum absolute atomic E-state index is 0.0477. The molecular weight excluding hydrogens is 431 g/mol. The van der Waals surface area contributed by atoms with Crippen LogP contribution in [0.4, 0.5) is 14.9 Å². The van der Waals surface area contributed by atoms with Crippen LogP contribution in [0.5, 0.6) is 0 Å². The summed E-state index contributed by atoms with van der Waals surface area (Å²) in [5.74, 6) is -4.12. The van der Waals surface area contributed by atoms with Crippen LogP contribution in [-0.4, -0.2) is 66.4 Å². The minimum Gasteiger partial charge on any atom is -0.473 e. The van der Waals surface area contributed by atoms with E-state index in [0.717, 1.165) is 30.6 Å². The average molecular weight is 453 g/mol. The molecule has 31 heavy (non-hydrogen) atoms. The maximum Gasteiger partial charge on any atom is 0.414 e. The number of para-hydroxylation sites is 1. The van der Waals surface area contributed by atoms with Crippen LogP contribution >= 0.6 is 11.6 Å². The van der Waals surface area contributed by atoms with Crippen molar-refractivity contribution in [3.8, 4) is 11.1 Å². The van der Waals surface area contributed by atoms with Crippen molar-refractivity contribution in [1.29, 1.82) is 0 Å².